The molecule has 23 heavy (non-hydrogen) atoms. The Morgan fingerprint density at radius 2 is 1.96 bits per heavy atom. The number of guanidine groups is 1. The molecule has 0 aromatic heterocycles. The molecule has 0 unspecified atom stereocenters. The van der Waals surface area contributed by atoms with E-state index >= 15 is 0 Å². The van der Waals surface area contributed by atoms with E-state index in [1.807, 2.05) is 13.0 Å². The van der Waals surface area contributed by atoms with Crippen LogP contribution in [-0.4, -0.2) is 31.8 Å². The van der Waals surface area contributed by atoms with Crippen molar-refractivity contribution in [3.05, 3.63) is 35.6 Å². The second-order valence-electron chi connectivity index (χ2n) is 4.79. The van der Waals surface area contributed by atoms with Crippen molar-refractivity contribution in [3.8, 4) is 0 Å². The summed E-state index contributed by atoms with van der Waals surface area (Å²) in [4.78, 5) is 4.20. The lowest BCUT2D eigenvalue weighted by molar-refractivity contribution is -0.132. The third-order valence-corrected chi connectivity index (χ3v) is 2.83. The quantitative estimate of drug-likeness (QED) is 0.219. The standard InChI is InChI=1S/C15H21F4N3.HI/c1-2-20-14(22-10-8-15(17,18)19)21-9-4-6-12-5-3-7-13(16)11-12;/h3,5,7,11H,2,4,6,8-10H2,1H3,(H2,20,21,22);1H. The highest BCUT2D eigenvalue weighted by molar-refractivity contribution is 14.0. The molecule has 8 heteroatoms. The van der Waals surface area contributed by atoms with Gasteiger partial charge in [-0.25, -0.2) is 4.39 Å². The predicted octanol–water partition coefficient (Wildman–Crippen LogP) is 3.88. The third-order valence-electron chi connectivity index (χ3n) is 2.83. The van der Waals surface area contributed by atoms with Crippen molar-refractivity contribution in [2.75, 3.05) is 19.6 Å². The molecule has 1 rings (SSSR count). The molecule has 0 saturated heterocycles. The van der Waals surface area contributed by atoms with Crippen molar-refractivity contribution in [2.45, 2.75) is 32.4 Å². The second kappa shape index (κ2) is 11.5. The number of rotatable bonds is 7. The Morgan fingerprint density at radius 1 is 1.22 bits per heavy atom. The van der Waals surface area contributed by atoms with Crippen LogP contribution in [0.2, 0.25) is 0 Å². The molecule has 0 radical (unpaired) electrons. The number of nitrogens with zero attached hydrogens (tertiary/aromatic N) is 1. The highest BCUT2D eigenvalue weighted by Crippen LogP contribution is 2.18. The first-order chi connectivity index (χ1) is 10.4. The molecule has 0 aliphatic rings. The zero-order valence-corrected chi connectivity index (χ0v) is 15.2. The summed E-state index contributed by atoms with van der Waals surface area (Å²) in [6, 6.07) is 6.34. The first-order valence-corrected chi connectivity index (χ1v) is 7.24. The number of aliphatic imine (C=N–C) groups is 1. The molecule has 2 N–H and O–H groups in total. The minimum Gasteiger partial charge on any atom is -0.357 e. The first-order valence-electron chi connectivity index (χ1n) is 7.24. The smallest absolute Gasteiger partial charge is 0.357 e. The highest BCUT2D eigenvalue weighted by Gasteiger charge is 2.26. The monoisotopic (exact) mass is 447 g/mol. The van der Waals surface area contributed by atoms with Crippen LogP contribution < -0.4 is 10.6 Å². The van der Waals surface area contributed by atoms with Crippen LogP contribution in [-0.2, 0) is 6.42 Å². The van der Waals surface area contributed by atoms with Crippen molar-refractivity contribution in [2.24, 2.45) is 4.99 Å². The predicted molar refractivity (Wildman–Crippen MR) is 94.8 cm³/mol. The van der Waals surface area contributed by atoms with Gasteiger partial charge in [0.25, 0.3) is 0 Å². The van der Waals surface area contributed by atoms with Crippen molar-refractivity contribution in [3.63, 3.8) is 0 Å². The van der Waals surface area contributed by atoms with Crippen LogP contribution in [0.3, 0.4) is 0 Å². The lowest BCUT2D eigenvalue weighted by atomic mass is 10.1. The van der Waals surface area contributed by atoms with Gasteiger partial charge in [-0.2, -0.15) is 13.2 Å². The Balaban J connectivity index is 0.00000484. The molecule has 0 atom stereocenters. The second-order valence-corrected chi connectivity index (χ2v) is 4.79. The van der Waals surface area contributed by atoms with Gasteiger partial charge in [0, 0.05) is 19.6 Å². The molecule has 132 valence electrons. The summed E-state index contributed by atoms with van der Waals surface area (Å²) in [7, 11) is 0. The number of hydrogen-bond acceptors (Lipinski definition) is 1. The van der Waals surface area contributed by atoms with Crippen LogP contribution in [0.4, 0.5) is 17.6 Å². The van der Waals surface area contributed by atoms with Crippen molar-refractivity contribution >= 4 is 29.9 Å². The molecule has 0 heterocycles. The van der Waals surface area contributed by atoms with Gasteiger partial charge >= 0.3 is 6.18 Å². The van der Waals surface area contributed by atoms with Gasteiger partial charge in [0.15, 0.2) is 5.96 Å². The topological polar surface area (TPSA) is 36.4 Å². The summed E-state index contributed by atoms with van der Waals surface area (Å²) >= 11 is 0. The molecular formula is C15H22F4IN3. The Hall–Kier alpha value is -1.06. The van der Waals surface area contributed by atoms with E-state index in [4.69, 9.17) is 0 Å². The fourth-order valence-electron chi connectivity index (χ4n) is 1.83. The van der Waals surface area contributed by atoms with Gasteiger partial charge in [0.05, 0.1) is 6.42 Å². The van der Waals surface area contributed by atoms with Crippen LogP contribution in [0, 0.1) is 5.82 Å². The Morgan fingerprint density at radius 3 is 2.57 bits per heavy atom. The molecular weight excluding hydrogens is 425 g/mol. The molecule has 0 aliphatic carbocycles. The Bertz CT molecular complexity index is 478. The van der Waals surface area contributed by atoms with E-state index in [2.05, 4.69) is 15.6 Å². The van der Waals surface area contributed by atoms with Gasteiger partial charge in [0.2, 0.25) is 0 Å². The zero-order valence-electron chi connectivity index (χ0n) is 12.9. The number of aryl methyl sites for hydroxylation is 1. The van der Waals surface area contributed by atoms with Gasteiger partial charge in [-0.15, -0.1) is 24.0 Å². The molecule has 0 bridgehead atoms. The molecule has 0 amide bonds. The number of benzene rings is 1. The maximum atomic E-state index is 13.0. The maximum absolute atomic E-state index is 13.0. The molecule has 0 fully saturated rings. The number of halogens is 5. The largest absolute Gasteiger partial charge is 0.390 e. The van der Waals surface area contributed by atoms with Crippen molar-refractivity contribution < 1.29 is 17.6 Å². The van der Waals surface area contributed by atoms with E-state index in [-0.39, 0.29) is 36.3 Å². The number of hydrogen-bond donors (Lipinski definition) is 2. The van der Waals surface area contributed by atoms with Gasteiger partial charge in [-0.1, -0.05) is 12.1 Å². The minimum absolute atomic E-state index is 0. The zero-order chi connectivity index (χ0) is 16.4. The number of nitrogens with one attached hydrogen (secondary N) is 2. The van der Waals surface area contributed by atoms with Crippen molar-refractivity contribution in [1.29, 1.82) is 0 Å². The van der Waals surface area contributed by atoms with Crippen molar-refractivity contribution in [1.82, 2.24) is 10.6 Å². The SMILES string of the molecule is CCNC(=NCCCc1cccc(F)c1)NCCC(F)(F)F.I. The van der Waals surface area contributed by atoms with E-state index in [1.54, 1.807) is 6.07 Å². The van der Waals surface area contributed by atoms with Gasteiger partial charge in [-0.05, 0) is 37.5 Å². The molecule has 0 saturated carbocycles. The van der Waals surface area contributed by atoms with Crippen LogP contribution in [0.5, 0.6) is 0 Å². The summed E-state index contributed by atoms with van der Waals surface area (Å²) in [5.41, 5.74) is 0.880. The maximum Gasteiger partial charge on any atom is 0.390 e. The summed E-state index contributed by atoms with van der Waals surface area (Å²) in [6.07, 6.45) is -3.72. The van der Waals surface area contributed by atoms with Gasteiger partial charge in [-0.3, -0.25) is 4.99 Å². The van der Waals surface area contributed by atoms with E-state index in [0.29, 0.717) is 31.9 Å². The van der Waals surface area contributed by atoms with E-state index < -0.39 is 12.6 Å². The molecule has 0 aliphatic heterocycles. The van der Waals surface area contributed by atoms with E-state index in [0.717, 1.165) is 5.56 Å². The van der Waals surface area contributed by atoms with Gasteiger partial charge in [0.1, 0.15) is 5.82 Å². The van der Waals surface area contributed by atoms with Crippen LogP contribution in [0.15, 0.2) is 29.3 Å². The average molecular weight is 447 g/mol. The third kappa shape index (κ3) is 11.2. The Labute approximate surface area is 151 Å². The van der Waals surface area contributed by atoms with E-state index in [9.17, 15) is 17.6 Å². The molecule has 1 aromatic rings. The average Bonchev–Trinajstić information content (AvgIpc) is 2.42. The highest BCUT2D eigenvalue weighted by atomic mass is 127. The van der Waals surface area contributed by atoms with Gasteiger partial charge < -0.3 is 10.6 Å². The fourth-order valence-corrected chi connectivity index (χ4v) is 1.83. The summed E-state index contributed by atoms with van der Waals surface area (Å²) in [5.74, 6) is 0.0918. The lowest BCUT2D eigenvalue weighted by Gasteiger charge is -2.12. The minimum atomic E-state index is -4.18. The molecule has 0 spiro atoms. The first kappa shape index (κ1) is 21.9. The summed E-state index contributed by atoms with van der Waals surface area (Å²) in [5, 5.41) is 5.53. The Kier molecular flexibility index (Phi) is 10.9. The van der Waals surface area contributed by atoms with E-state index in [1.165, 1.54) is 12.1 Å². The number of alkyl halides is 3. The molecule has 3 nitrogen and oxygen atoms in total. The van der Waals surface area contributed by atoms with Crippen LogP contribution in [0.25, 0.3) is 0 Å². The fraction of sp³-hybridized carbons (Fsp3) is 0.533. The molecule has 1 aromatic carbocycles. The lowest BCUT2D eigenvalue weighted by Crippen LogP contribution is -2.39. The summed E-state index contributed by atoms with van der Waals surface area (Å²) in [6.45, 7) is 2.66. The summed E-state index contributed by atoms with van der Waals surface area (Å²) < 4.78 is 49.3. The van der Waals surface area contributed by atoms with Crippen LogP contribution >= 0.6 is 24.0 Å². The van der Waals surface area contributed by atoms with Crippen LogP contribution in [0.1, 0.15) is 25.3 Å². The normalized spacial score (nSPS) is 11.8.